The summed E-state index contributed by atoms with van der Waals surface area (Å²) in [6.45, 7) is 2.30. The molecule has 0 aliphatic heterocycles. The average Bonchev–Trinajstić information content (AvgIpc) is 2.20. The Kier molecular flexibility index (Phi) is 4.43. The molecular weight excluding hydrogens is 214 g/mol. The van der Waals surface area contributed by atoms with Crippen molar-refractivity contribution in [3.63, 3.8) is 0 Å². The third-order valence-electron chi connectivity index (χ3n) is 2.19. The van der Waals surface area contributed by atoms with Gasteiger partial charge in [-0.1, -0.05) is 30.7 Å². The first-order valence-corrected chi connectivity index (χ1v) is 5.20. The summed E-state index contributed by atoms with van der Waals surface area (Å²) in [7, 11) is 0. The molecule has 1 aromatic carbocycles. The summed E-state index contributed by atoms with van der Waals surface area (Å²) in [6, 6.07) is 7.40. The van der Waals surface area contributed by atoms with Crippen LogP contribution in [0.25, 0.3) is 0 Å². The van der Waals surface area contributed by atoms with Gasteiger partial charge in [0.1, 0.15) is 0 Å². The maximum absolute atomic E-state index is 10.6. The molecule has 0 bridgehead atoms. The zero-order chi connectivity index (χ0) is 11.3. The van der Waals surface area contributed by atoms with E-state index in [1.807, 2.05) is 18.2 Å². The SMILES string of the molecule is CC(CCNc1ccccc1Cl)C(=O)O. The van der Waals surface area contributed by atoms with Crippen molar-refractivity contribution in [3.8, 4) is 0 Å². The Labute approximate surface area is 94.1 Å². The highest BCUT2D eigenvalue weighted by Gasteiger charge is 2.09. The van der Waals surface area contributed by atoms with Crippen molar-refractivity contribution in [3.05, 3.63) is 29.3 Å². The molecule has 0 saturated heterocycles. The highest BCUT2D eigenvalue weighted by Crippen LogP contribution is 2.20. The molecule has 2 N–H and O–H groups in total. The number of para-hydroxylation sites is 1. The Balaban J connectivity index is 2.38. The quantitative estimate of drug-likeness (QED) is 0.813. The largest absolute Gasteiger partial charge is 0.481 e. The van der Waals surface area contributed by atoms with Gasteiger partial charge in [0, 0.05) is 6.54 Å². The van der Waals surface area contributed by atoms with Gasteiger partial charge in [-0.3, -0.25) is 4.79 Å². The standard InChI is InChI=1S/C11H14ClNO2/c1-8(11(14)15)6-7-13-10-5-3-2-4-9(10)12/h2-5,8,13H,6-7H2,1H3,(H,14,15). The molecule has 0 saturated carbocycles. The normalized spacial score (nSPS) is 12.1. The maximum Gasteiger partial charge on any atom is 0.306 e. The van der Waals surface area contributed by atoms with E-state index in [1.54, 1.807) is 13.0 Å². The molecular formula is C11H14ClNO2. The molecule has 0 spiro atoms. The highest BCUT2D eigenvalue weighted by molar-refractivity contribution is 6.33. The van der Waals surface area contributed by atoms with E-state index < -0.39 is 5.97 Å². The molecule has 3 nitrogen and oxygen atoms in total. The van der Waals surface area contributed by atoms with E-state index in [1.165, 1.54) is 0 Å². The van der Waals surface area contributed by atoms with Gasteiger partial charge in [-0.2, -0.15) is 0 Å². The molecule has 0 aromatic heterocycles. The van der Waals surface area contributed by atoms with Gasteiger partial charge in [0.05, 0.1) is 16.6 Å². The molecule has 82 valence electrons. The van der Waals surface area contributed by atoms with Crippen LogP contribution in [0.15, 0.2) is 24.3 Å². The zero-order valence-electron chi connectivity index (χ0n) is 8.53. The predicted molar refractivity (Wildman–Crippen MR) is 61.4 cm³/mol. The van der Waals surface area contributed by atoms with Crippen LogP contribution in [0.2, 0.25) is 5.02 Å². The number of carboxylic acids is 1. The second-order valence-electron chi connectivity index (χ2n) is 3.43. The lowest BCUT2D eigenvalue weighted by molar-refractivity contribution is -0.141. The molecule has 15 heavy (non-hydrogen) atoms. The van der Waals surface area contributed by atoms with Crippen LogP contribution in [0.5, 0.6) is 0 Å². The molecule has 1 unspecified atom stereocenters. The average molecular weight is 228 g/mol. The minimum Gasteiger partial charge on any atom is -0.481 e. The summed E-state index contributed by atoms with van der Waals surface area (Å²) in [5, 5.41) is 12.4. The molecule has 0 aliphatic carbocycles. The van der Waals surface area contributed by atoms with Crippen molar-refractivity contribution < 1.29 is 9.90 Å². The molecule has 1 rings (SSSR count). The fourth-order valence-electron chi connectivity index (χ4n) is 1.15. The lowest BCUT2D eigenvalue weighted by Gasteiger charge is -2.09. The number of benzene rings is 1. The summed E-state index contributed by atoms with van der Waals surface area (Å²) in [5.74, 6) is -1.10. The number of carboxylic acid groups (broad SMARTS) is 1. The van der Waals surface area contributed by atoms with Crippen molar-refractivity contribution in [2.45, 2.75) is 13.3 Å². The van der Waals surface area contributed by atoms with Gasteiger partial charge < -0.3 is 10.4 Å². The Morgan fingerprint density at radius 2 is 2.20 bits per heavy atom. The van der Waals surface area contributed by atoms with Crippen LogP contribution in [0.3, 0.4) is 0 Å². The van der Waals surface area contributed by atoms with Crippen LogP contribution in [0.1, 0.15) is 13.3 Å². The monoisotopic (exact) mass is 227 g/mol. The number of carbonyl (C=O) groups is 1. The van der Waals surface area contributed by atoms with Crippen LogP contribution >= 0.6 is 11.6 Å². The van der Waals surface area contributed by atoms with Crippen LogP contribution in [0.4, 0.5) is 5.69 Å². The minimum atomic E-state index is -0.768. The van der Waals surface area contributed by atoms with Gasteiger partial charge in [-0.15, -0.1) is 0 Å². The molecule has 1 atom stereocenters. The van der Waals surface area contributed by atoms with E-state index in [0.29, 0.717) is 18.0 Å². The van der Waals surface area contributed by atoms with Gasteiger partial charge in [0.25, 0.3) is 0 Å². The number of nitrogens with one attached hydrogen (secondary N) is 1. The van der Waals surface area contributed by atoms with E-state index in [0.717, 1.165) is 5.69 Å². The Morgan fingerprint density at radius 3 is 2.80 bits per heavy atom. The van der Waals surface area contributed by atoms with E-state index in [-0.39, 0.29) is 5.92 Å². The van der Waals surface area contributed by atoms with Gasteiger partial charge in [-0.05, 0) is 18.6 Å². The number of rotatable bonds is 5. The first-order valence-electron chi connectivity index (χ1n) is 4.82. The van der Waals surface area contributed by atoms with E-state index in [9.17, 15) is 4.79 Å². The summed E-state index contributed by atoms with van der Waals surface area (Å²) < 4.78 is 0. The van der Waals surface area contributed by atoms with Crippen molar-refractivity contribution in [1.29, 1.82) is 0 Å². The third kappa shape index (κ3) is 3.80. The molecule has 0 radical (unpaired) electrons. The molecule has 0 aliphatic rings. The van der Waals surface area contributed by atoms with Gasteiger partial charge in [-0.25, -0.2) is 0 Å². The van der Waals surface area contributed by atoms with Crippen molar-refractivity contribution in [1.82, 2.24) is 0 Å². The molecule has 4 heteroatoms. The lowest BCUT2D eigenvalue weighted by atomic mass is 10.1. The molecule has 0 heterocycles. The molecule has 0 fully saturated rings. The number of aliphatic carboxylic acids is 1. The summed E-state index contributed by atoms with van der Waals surface area (Å²) in [4.78, 5) is 10.6. The van der Waals surface area contributed by atoms with Gasteiger partial charge >= 0.3 is 5.97 Å². The van der Waals surface area contributed by atoms with Crippen LogP contribution in [-0.4, -0.2) is 17.6 Å². The van der Waals surface area contributed by atoms with Crippen molar-refractivity contribution >= 4 is 23.3 Å². The van der Waals surface area contributed by atoms with Crippen molar-refractivity contribution in [2.75, 3.05) is 11.9 Å². The smallest absolute Gasteiger partial charge is 0.306 e. The number of halogens is 1. The van der Waals surface area contributed by atoms with Gasteiger partial charge in [0.2, 0.25) is 0 Å². The Morgan fingerprint density at radius 1 is 1.53 bits per heavy atom. The van der Waals surface area contributed by atoms with Crippen LogP contribution in [0, 0.1) is 5.92 Å². The first-order chi connectivity index (χ1) is 7.11. The second kappa shape index (κ2) is 5.61. The van der Waals surface area contributed by atoms with Crippen molar-refractivity contribution in [2.24, 2.45) is 5.92 Å². The maximum atomic E-state index is 10.6. The lowest BCUT2D eigenvalue weighted by Crippen LogP contribution is -2.14. The number of hydrogen-bond acceptors (Lipinski definition) is 2. The minimum absolute atomic E-state index is 0.333. The summed E-state index contributed by atoms with van der Waals surface area (Å²) in [5.41, 5.74) is 0.844. The predicted octanol–water partition coefficient (Wildman–Crippen LogP) is 2.86. The van der Waals surface area contributed by atoms with Gasteiger partial charge in [0.15, 0.2) is 0 Å². The second-order valence-corrected chi connectivity index (χ2v) is 3.84. The number of hydrogen-bond donors (Lipinski definition) is 2. The molecule has 0 amide bonds. The zero-order valence-corrected chi connectivity index (χ0v) is 9.29. The van der Waals surface area contributed by atoms with Crippen LogP contribution in [-0.2, 0) is 4.79 Å². The topological polar surface area (TPSA) is 49.3 Å². The number of anilines is 1. The summed E-state index contributed by atoms with van der Waals surface area (Å²) in [6.07, 6.45) is 0.584. The third-order valence-corrected chi connectivity index (χ3v) is 2.52. The van der Waals surface area contributed by atoms with Crippen LogP contribution < -0.4 is 5.32 Å². The first kappa shape index (κ1) is 11.9. The van der Waals surface area contributed by atoms with E-state index in [2.05, 4.69) is 5.32 Å². The molecule has 1 aromatic rings. The fraction of sp³-hybridized carbons (Fsp3) is 0.364. The fourth-order valence-corrected chi connectivity index (χ4v) is 1.35. The highest BCUT2D eigenvalue weighted by atomic mass is 35.5. The Bertz CT molecular complexity index is 341. The Hall–Kier alpha value is -1.22. The van der Waals surface area contributed by atoms with E-state index in [4.69, 9.17) is 16.7 Å². The summed E-state index contributed by atoms with van der Waals surface area (Å²) >= 11 is 5.92. The van der Waals surface area contributed by atoms with E-state index >= 15 is 0 Å².